The SMILES string of the molecule is CC(N)c1cccc2nc(C3CC3)cn12. The molecule has 3 nitrogen and oxygen atoms in total. The lowest BCUT2D eigenvalue weighted by Gasteiger charge is -2.07. The molecule has 0 radical (unpaired) electrons. The van der Waals surface area contributed by atoms with E-state index in [2.05, 4.69) is 21.6 Å². The summed E-state index contributed by atoms with van der Waals surface area (Å²) in [4.78, 5) is 4.63. The third-order valence-electron chi connectivity index (χ3n) is 3.00. The summed E-state index contributed by atoms with van der Waals surface area (Å²) in [6, 6.07) is 6.18. The monoisotopic (exact) mass is 201 g/mol. The van der Waals surface area contributed by atoms with E-state index >= 15 is 0 Å². The summed E-state index contributed by atoms with van der Waals surface area (Å²) < 4.78 is 2.12. The normalized spacial score (nSPS) is 18.3. The summed E-state index contributed by atoms with van der Waals surface area (Å²) in [7, 11) is 0. The molecule has 2 heterocycles. The number of nitrogens with zero attached hydrogens (tertiary/aromatic N) is 2. The van der Waals surface area contributed by atoms with Gasteiger partial charge in [0.05, 0.1) is 5.69 Å². The van der Waals surface area contributed by atoms with Gasteiger partial charge in [-0.25, -0.2) is 4.98 Å². The van der Waals surface area contributed by atoms with Crippen LogP contribution < -0.4 is 5.73 Å². The van der Waals surface area contributed by atoms with E-state index in [1.165, 1.54) is 18.5 Å². The van der Waals surface area contributed by atoms with Gasteiger partial charge in [0.25, 0.3) is 0 Å². The molecule has 3 heteroatoms. The summed E-state index contributed by atoms with van der Waals surface area (Å²) in [5, 5.41) is 0. The second kappa shape index (κ2) is 3.07. The van der Waals surface area contributed by atoms with Gasteiger partial charge in [0.1, 0.15) is 5.65 Å². The highest BCUT2D eigenvalue weighted by Crippen LogP contribution is 2.39. The van der Waals surface area contributed by atoms with Crippen LogP contribution in [0, 0.1) is 0 Å². The van der Waals surface area contributed by atoms with E-state index in [1.807, 2.05) is 19.1 Å². The van der Waals surface area contributed by atoms with Crippen LogP contribution in [-0.4, -0.2) is 9.38 Å². The maximum atomic E-state index is 5.93. The summed E-state index contributed by atoms with van der Waals surface area (Å²) in [5.74, 6) is 0.700. The Balaban J connectivity index is 2.19. The first-order valence-electron chi connectivity index (χ1n) is 5.49. The van der Waals surface area contributed by atoms with Crippen molar-refractivity contribution in [2.75, 3.05) is 0 Å². The molecule has 2 aromatic heterocycles. The molecule has 1 fully saturated rings. The van der Waals surface area contributed by atoms with Crippen LogP contribution in [0.1, 0.15) is 43.1 Å². The number of nitrogens with two attached hydrogens (primary N) is 1. The number of aromatic nitrogens is 2. The minimum Gasteiger partial charge on any atom is -0.323 e. The second-order valence-electron chi connectivity index (χ2n) is 4.41. The first-order valence-corrected chi connectivity index (χ1v) is 5.49. The van der Waals surface area contributed by atoms with Crippen LogP contribution in [0.3, 0.4) is 0 Å². The van der Waals surface area contributed by atoms with Crippen molar-refractivity contribution in [2.24, 2.45) is 5.73 Å². The minimum atomic E-state index is 0.0509. The zero-order valence-electron chi connectivity index (χ0n) is 8.85. The van der Waals surface area contributed by atoms with Crippen molar-refractivity contribution >= 4 is 5.65 Å². The third-order valence-corrected chi connectivity index (χ3v) is 3.00. The second-order valence-corrected chi connectivity index (χ2v) is 4.41. The van der Waals surface area contributed by atoms with Crippen LogP contribution in [0.15, 0.2) is 24.4 Å². The Bertz CT molecular complexity index is 495. The van der Waals surface area contributed by atoms with E-state index in [9.17, 15) is 0 Å². The minimum absolute atomic E-state index is 0.0509. The van der Waals surface area contributed by atoms with Crippen LogP contribution in [0.25, 0.3) is 5.65 Å². The summed E-state index contributed by atoms with van der Waals surface area (Å²) in [5.41, 5.74) is 9.31. The van der Waals surface area contributed by atoms with Gasteiger partial charge in [-0.05, 0) is 31.9 Å². The van der Waals surface area contributed by atoms with E-state index in [-0.39, 0.29) is 6.04 Å². The quantitative estimate of drug-likeness (QED) is 0.809. The van der Waals surface area contributed by atoms with Gasteiger partial charge in [-0.3, -0.25) is 0 Å². The van der Waals surface area contributed by atoms with Gasteiger partial charge < -0.3 is 10.1 Å². The maximum Gasteiger partial charge on any atom is 0.137 e. The van der Waals surface area contributed by atoms with Crippen LogP contribution in [0.4, 0.5) is 0 Å². The van der Waals surface area contributed by atoms with Gasteiger partial charge in [-0.1, -0.05) is 6.07 Å². The van der Waals surface area contributed by atoms with Gasteiger partial charge in [0.15, 0.2) is 0 Å². The van der Waals surface area contributed by atoms with Crippen molar-refractivity contribution in [2.45, 2.75) is 31.7 Å². The lowest BCUT2D eigenvalue weighted by Crippen LogP contribution is -2.09. The summed E-state index contributed by atoms with van der Waals surface area (Å²) >= 11 is 0. The molecule has 1 aliphatic rings. The molecule has 0 amide bonds. The molecule has 1 atom stereocenters. The van der Waals surface area contributed by atoms with Crippen molar-refractivity contribution < 1.29 is 0 Å². The predicted octanol–water partition coefficient (Wildman–Crippen LogP) is 2.23. The summed E-state index contributed by atoms with van der Waals surface area (Å²) in [6.07, 6.45) is 4.72. The smallest absolute Gasteiger partial charge is 0.137 e. The molecule has 1 unspecified atom stereocenters. The largest absolute Gasteiger partial charge is 0.323 e. The van der Waals surface area contributed by atoms with Gasteiger partial charge in [0.2, 0.25) is 0 Å². The Kier molecular flexibility index (Phi) is 1.83. The molecule has 78 valence electrons. The van der Waals surface area contributed by atoms with Crippen LogP contribution >= 0.6 is 0 Å². The molecule has 3 rings (SSSR count). The zero-order valence-corrected chi connectivity index (χ0v) is 8.85. The van der Waals surface area contributed by atoms with E-state index in [4.69, 9.17) is 5.73 Å². The molecule has 0 spiro atoms. The lowest BCUT2D eigenvalue weighted by molar-refractivity contribution is 0.763. The molecule has 0 bridgehead atoms. The Morgan fingerprint density at radius 1 is 1.47 bits per heavy atom. The standard InChI is InChI=1S/C12H15N3/c1-8(13)11-3-2-4-12-14-10(7-15(11)12)9-5-6-9/h2-4,7-9H,5-6,13H2,1H3. The number of hydrogen-bond acceptors (Lipinski definition) is 2. The fraction of sp³-hybridized carbons (Fsp3) is 0.417. The number of hydrogen-bond donors (Lipinski definition) is 1. The highest BCUT2D eigenvalue weighted by molar-refractivity contribution is 5.43. The van der Waals surface area contributed by atoms with Gasteiger partial charge in [-0.2, -0.15) is 0 Å². The number of rotatable bonds is 2. The van der Waals surface area contributed by atoms with Gasteiger partial charge in [0, 0.05) is 23.9 Å². The molecule has 0 aliphatic heterocycles. The van der Waals surface area contributed by atoms with Crippen molar-refractivity contribution in [3.05, 3.63) is 35.8 Å². The summed E-state index contributed by atoms with van der Waals surface area (Å²) in [6.45, 7) is 2.01. The van der Waals surface area contributed by atoms with E-state index in [1.54, 1.807) is 0 Å². The van der Waals surface area contributed by atoms with Crippen molar-refractivity contribution in [3.63, 3.8) is 0 Å². The average Bonchev–Trinajstić information content (AvgIpc) is 2.96. The third kappa shape index (κ3) is 1.43. The van der Waals surface area contributed by atoms with Gasteiger partial charge >= 0.3 is 0 Å². The van der Waals surface area contributed by atoms with Crippen molar-refractivity contribution in [1.82, 2.24) is 9.38 Å². The molecule has 2 aromatic rings. The number of pyridine rings is 1. The first kappa shape index (κ1) is 8.92. The molecule has 1 saturated carbocycles. The van der Waals surface area contributed by atoms with Crippen LogP contribution in [0.5, 0.6) is 0 Å². The van der Waals surface area contributed by atoms with Crippen LogP contribution in [0.2, 0.25) is 0 Å². The predicted molar refractivity (Wildman–Crippen MR) is 59.8 cm³/mol. The van der Waals surface area contributed by atoms with Gasteiger partial charge in [-0.15, -0.1) is 0 Å². The lowest BCUT2D eigenvalue weighted by atomic mass is 10.2. The fourth-order valence-corrected chi connectivity index (χ4v) is 2.00. The Hall–Kier alpha value is -1.35. The highest BCUT2D eigenvalue weighted by atomic mass is 15.0. The van der Waals surface area contributed by atoms with E-state index in [0.29, 0.717) is 5.92 Å². The Morgan fingerprint density at radius 2 is 2.27 bits per heavy atom. The molecule has 1 aliphatic carbocycles. The zero-order chi connectivity index (χ0) is 10.4. The molecular weight excluding hydrogens is 186 g/mol. The first-order chi connectivity index (χ1) is 7.25. The molecule has 0 aromatic carbocycles. The molecule has 0 saturated heterocycles. The van der Waals surface area contributed by atoms with Crippen molar-refractivity contribution in [1.29, 1.82) is 0 Å². The van der Waals surface area contributed by atoms with E-state index < -0.39 is 0 Å². The number of imidazole rings is 1. The topological polar surface area (TPSA) is 43.3 Å². The molecular formula is C12H15N3. The van der Waals surface area contributed by atoms with Crippen LogP contribution in [-0.2, 0) is 0 Å². The maximum absolute atomic E-state index is 5.93. The molecule has 2 N–H and O–H groups in total. The fourth-order valence-electron chi connectivity index (χ4n) is 2.00. The average molecular weight is 201 g/mol. The highest BCUT2D eigenvalue weighted by Gasteiger charge is 2.26. The van der Waals surface area contributed by atoms with Crippen molar-refractivity contribution in [3.8, 4) is 0 Å². The van der Waals surface area contributed by atoms with E-state index in [0.717, 1.165) is 11.3 Å². The Labute approximate surface area is 88.9 Å². The molecule has 15 heavy (non-hydrogen) atoms. The number of fused-ring (bicyclic) bond motifs is 1. The Morgan fingerprint density at radius 3 is 2.93 bits per heavy atom.